The van der Waals surface area contributed by atoms with Crippen molar-refractivity contribution < 1.29 is 9.90 Å². The van der Waals surface area contributed by atoms with Crippen LogP contribution in [-0.2, 0) is 11.2 Å². The molecule has 100 valence electrons. The second-order valence-electron chi connectivity index (χ2n) is 4.76. The van der Waals surface area contributed by atoms with Gasteiger partial charge in [0, 0.05) is 5.56 Å². The third-order valence-corrected chi connectivity index (χ3v) is 4.14. The van der Waals surface area contributed by atoms with Gasteiger partial charge in [0.25, 0.3) is 0 Å². The van der Waals surface area contributed by atoms with Crippen LogP contribution in [0.5, 0.6) is 0 Å². The van der Waals surface area contributed by atoms with E-state index in [-0.39, 0.29) is 6.42 Å². The number of aliphatic carboxylic acids is 1. The number of rotatable bonds is 3. The van der Waals surface area contributed by atoms with Crippen LogP contribution < -0.4 is 0 Å². The van der Waals surface area contributed by atoms with Crippen molar-refractivity contribution in [3.8, 4) is 10.6 Å². The number of nitrogens with zero attached hydrogens (tertiary/aromatic N) is 1. The Labute approximate surface area is 120 Å². The van der Waals surface area contributed by atoms with Crippen LogP contribution in [0.1, 0.15) is 11.1 Å². The van der Waals surface area contributed by atoms with E-state index in [1.807, 2.05) is 30.3 Å². The highest BCUT2D eigenvalue weighted by atomic mass is 32.1. The Balaban J connectivity index is 2.04. The van der Waals surface area contributed by atoms with Crippen molar-refractivity contribution in [2.24, 2.45) is 0 Å². The number of benzene rings is 2. The molecule has 0 amide bonds. The minimum absolute atomic E-state index is 0.0492. The van der Waals surface area contributed by atoms with Crippen LogP contribution in [0.4, 0.5) is 0 Å². The number of hydrogen-bond acceptors (Lipinski definition) is 3. The quantitative estimate of drug-likeness (QED) is 0.793. The lowest BCUT2D eigenvalue weighted by molar-refractivity contribution is -0.136. The Morgan fingerprint density at radius 2 is 2.10 bits per heavy atom. The number of carboxylic acids is 1. The van der Waals surface area contributed by atoms with Crippen molar-refractivity contribution in [2.45, 2.75) is 13.3 Å². The Morgan fingerprint density at radius 1 is 1.25 bits per heavy atom. The van der Waals surface area contributed by atoms with Crippen LogP contribution >= 0.6 is 11.3 Å². The highest BCUT2D eigenvalue weighted by Gasteiger charge is 2.08. The molecule has 0 spiro atoms. The molecule has 1 aromatic heterocycles. The van der Waals surface area contributed by atoms with Crippen molar-refractivity contribution in [1.82, 2.24) is 4.98 Å². The summed E-state index contributed by atoms with van der Waals surface area (Å²) < 4.78 is 1.03. The minimum atomic E-state index is -0.812. The first-order valence-corrected chi connectivity index (χ1v) is 7.12. The zero-order chi connectivity index (χ0) is 14.1. The normalized spacial score (nSPS) is 10.8. The molecule has 20 heavy (non-hydrogen) atoms. The van der Waals surface area contributed by atoms with Crippen LogP contribution in [0.15, 0.2) is 42.5 Å². The highest BCUT2D eigenvalue weighted by Crippen LogP contribution is 2.31. The summed E-state index contributed by atoms with van der Waals surface area (Å²) in [6, 6.07) is 13.9. The molecule has 0 saturated carbocycles. The largest absolute Gasteiger partial charge is 0.481 e. The standard InChI is InChI=1S/C16H13NO2S/c1-10-3-2-4-12(7-10)16-17-13-6-5-11(9-15(18)19)8-14(13)20-16/h2-8H,9H2,1H3,(H,18,19). The van der Waals surface area contributed by atoms with Crippen molar-refractivity contribution >= 4 is 27.5 Å². The Kier molecular flexibility index (Phi) is 3.24. The summed E-state index contributed by atoms with van der Waals surface area (Å²) in [6.07, 6.45) is 0.0492. The lowest BCUT2D eigenvalue weighted by Gasteiger charge is -1.96. The molecule has 2 aromatic carbocycles. The van der Waals surface area contributed by atoms with Gasteiger partial charge >= 0.3 is 5.97 Å². The average molecular weight is 283 g/mol. The maximum absolute atomic E-state index is 10.8. The number of carboxylic acid groups (broad SMARTS) is 1. The fourth-order valence-corrected chi connectivity index (χ4v) is 3.18. The van der Waals surface area contributed by atoms with E-state index in [2.05, 4.69) is 24.0 Å². The first-order valence-electron chi connectivity index (χ1n) is 6.30. The smallest absolute Gasteiger partial charge is 0.307 e. The monoisotopic (exact) mass is 283 g/mol. The van der Waals surface area contributed by atoms with E-state index < -0.39 is 5.97 Å². The van der Waals surface area contributed by atoms with Crippen molar-refractivity contribution in [1.29, 1.82) is 0 Å². The predicted octanol–water partition coefficient (Wildman–Crippen LogP) is 3.90. The van der Waals surface area contributed by atoms with Gasteiger partial charge in [-0.2, -0.15) is 0 Å². The molecule has 0 aliphatic heterocycles. The Bertz CT molecular complexity index is 792. The molecule has 0 aliphatic rings. The average Bonchev–Trinajstić information content (AvgIpc) is 2.81. The van der Waals surface area contributed by atoms with Gasteiger partial charge in [-0.05, 0) is 30.7 Å². The first kappa shape index (κ1) is 12.8. The number of aryl methyl sites for hydroxylation is 1. The van der Waals surface area contributed by atoms with Crippen molar-refractivity contribution in [2.75, 3.05) is 0 Å². The SMILES string of the molecule is Cc1cccc(-c2nc3ccc(CC(=O)O)cc3s2)c1. The molecule has 0 bridgehead atoms. The van der Waals surface area contributed by atoms with Gasteiger partial charge in [0.05, 0.1) is 16.6 Å². The van der Waals surface area contributed by atoms with E-state index in [4.69, 9.17) is 5.11 Å². The zero-order valence-corrected chi connectivity index (χ0v) is 11.8. The summed E-state index contributed by atoms with van der Waals surface area (Å²) in [5, 5.41) is 9.81. The number of hydrogen-bond donors (Lipinski definition) is 1. The molecule has 0 aliphatic carbocycles. The topological polar surface area (TPSA) is 50.2 Å². The Hall–Kier alpha value is -2.20. The maximum atomic E-state index is 10.8. The summed E-state index contributed by atoms with van der Waals surface area (Å²) in [4.78, 5) is 15.4. The van der Waals surface area contributed by atoms with E-state index in [9.17, 15) is 4.79 Å². The fraction of sp³-hybridized carbons (Fsp3) is 0.125. The predicted molar refractivity (Wildman–Crippen MR) is 81.1 cm³/mol. The minimum Gasteiger partial charge on any atom is -0.481 e. The Morgan fingerprint density at radius 3 is 2.85 bits per heavy atom. The summed E-state index contributed by atoms with van der Waals surface area (Å²) in [5.41, 5.74) is 4.03. The van der Waals surface area contributed by atoms with Gasteiger partial charge in [-0.25, -0.2) is 4.98 Å². The molecule has 0 saturated heterocycles. The van der Waals surface area contributed by atoms with Crippen molar-refractivity contribution in [3.63, 3.8) is 0 Å². The fourth-order valence-electron chi connectivity index (χ4n) is 2.16. The van der Waals surface area contributed by atoms with Gasteiger partial charge in [0.1, 0.15) is 5.01 Å². The van der Waals surface area contributed by atoms with Gasteiger partial charge in [-0.3, -0.25) is 4.79 Å². The second-order valence-corrected chi connectivity index (χ2v) is 5.79. The summed E-state index contributed by atoms with van der Waals surface area (Å²) >= 11 is 1.60. The van der Waals surface area contributed by atoms with Gasteiger partial charge in [0.15, 0.2) is 0 Å². The van der Waals surface area contributed by atoms with Crippen LogP contribution in [0.3, 0.4) is 0 Å². The molecule has 4 heteroatoms. The maximum Gasteiger partial charge on any atom is 0.307 e. The molecular formula is C16H13NO2S. The van der Waals surface area contributed by atoms with E-state index in [0.717, 1.165) is 26.4 Å². The molecule has 1 heterocycles. The molecule has 1 N–H and O–H groups in total. The third-order valence-electron chi connectivity index (χ3n) is 3.07. The third kappa shape index (κ3) is 2.56. The zero-order valence-electron chi connectivity index (χ0n) is 11.0. The lowest BCUT2D eigenvalue weighted by atomic mass is 10.1. The molecule has 0 fully saturated rings. The lowest BCUT2D eigenvalue weighted by Crippen LogP contribution is -1.99. The molecule has 3 aromatic rings. The van der Waals surface area contributed by atoms with E-state index in [0.29, 0.717) is 0 Å². The van der Waals surface area contributed by atoms with Crippen LogP contribution in [-0.4, -0.2) is 16.1 Å². The van der Waals surface area contributed by atoms with Crippen LogP contribution in [0.2, 0.25) is 0 Å². The first-order chi connectivity index (χ1) is 9.61. The van der Waals surface area contributed by atoms with Gasteiger partial charge in [-0.15, -0.1) is 11.3 Å². The number of fused-ring (bicyclic) bond motifs is 1. The molecule has 3 nitrogen and oxygen atoms in total. The molecule has 3 rings (SSSR count). The van der Waals surface area contributed by atoms with E-state index in [1.54, 1.807) is 11.3 Å². The number of thiazole rings is 1. The van der Waals surface area contributed by atoms with Crippen LogP contribution in [0.25, 0.3) is 20.8 Å². The molecular weight excluding hydrogens is 270 g/mol. The highest BCUT2D eigenvalue weighted by molar-refractivity contribution is 7.21. The summed E-state index contributed by atoms with van der Waals surface area (Å²) in [5.74, 6) is -0.812. The second kappa shape index (κ2) is 5.06. The molecule has 0 radical (unpaired) electrons. The van der Waals surface area contributed by atoms with E-state index >= 15 is 0 Å². The van der Waals surface area contributed by atoms with Gasteiger partial charge in [0.2, 0.25) is 0 Å². The summed E-state index contributed by atoms with van der Waals surface area (Å²) in [6.45, 7) is 2.06. The van der Waals surface area contributed by atoms with Gasteiger partial charge < -0.3 is 5.11 Å². The van der Waals surface area contributed by atoms with E-state index in [1.165, 1.54) is 5.56 Å². The number of aromatic nitrogens is 1. The summed E-state index contributed by atoms with van der Waals surface area (Å²) in [7, 11) is 0. The van der Waals surface area contributed by atoms with Crippen LogP contribution in [0, 0.1) is 6.92 Å². The van der Waals surface area contributed by atoms with Crippen molar-refractivity contribution in [3.05, 3.63) is 53.6 Å². The molecule has 0 atom stereocenters. The van der Waals surface area contributed by atoms with Gasteiger partial charge in [-0.1, -0.05) is 29.8 Å². The number of carbonyl (C=O) groups is 1. The molecule has 0 unspecified atom stereocenters.